The predicted molar refractivity (Wildman–Crippen MR) is 78.8 cm³/mol. The van der Waals surface area contributed by atoms with E-state index in [-0.39, 0.29) is 12.2 Å². The number of carboxylic acids is 1. The van der Waals surface area contributed by atoms with Crippen LogP contribution in [0, 0.1) is 5.41 Å². The number of benzene rings is 1. The molecule has 0 heterocycles. The maximum absolute atomic E-state index is 12.2. The van der Waals surface area contributed by atoms with Crippen molar-refractivity contribution in [1.82, 2.24) is 0 Å². The number of unbranched alkanes of at least 4 members (excludes halogenated alkanes) is 1. The Labute approximate surface area is 122 Å². The summed E-state index contributed by atoms with van der Waals surface area (Å²) in [4.78, 5) is 23.5. The Morgan fingerprint density at radius 1 is 1.29 bits per heavy atom. The van der Waals surface area contributed by atoms with Gasteiger partial charge in [0.15, 0.2) is 0 Å². The number of carboxylic acid groups (broad SMARTS) is 1. The van der Waals surface area contributed by atoms with Gasteiger partial charge in [-0.15, -0.1) is 0 Å². The maximum Gasteiger partial charge on any atom is 0.340 e. The van der Waals surface area contributed by atoms with E-state index in [2.05, 4.69) is 0 Å². The second-order valence-corrected chi connectivity index (χ2v) is 4.32. The predicted octanol–water partition coefficient (Wildman–Crippen LogP) is 1.80. The van der Waals surface area contributed by atoms with Gasteiger partial charge in [0.05, 0.1) is 12.2 Å². The van der Waals surface area contributed by atoms with Gasteiger partial charge < -0.3 is 15.6 Å². The molecule has 1 aromatic rings. The summed E-state index contributed by atoms with van der Waals surface area (Å²) in [7, 11) is 0. The Morgan fingerprint density at radius 3 is 2.38 bits per heavy atom. The molecule has 0 saturated heterocycles. The lowest BCUT2D eigenvalue weighted by molar-refractivity contribution is -0.137. The van der Waals surface area contributed by atoms with E-state index in [1.165, 1.54) is 0 Å². The first-order valence-electron chi connectivity index (χ1n) is 6.53. The van der Waals surface area contributed by atoms with Crippen molar-refractivity contribution in [2.75, 3.05) is 6.61 Å². The zero-order valence-corrected chi connectivity index (χ0v) is 11.8. The lowest BCUT2D eigenvalue weighted by Gasteiger charge is -2.11. The molecular formula is C15H18N2O4. The first-order chi connectivity index (χ1) is 9.99. The molecule has 0 unspecified atom stereocenters. The summed E-state index contributed by atoms with van der Waals surface area (Å²) < 4.78 is 5.07. The molecule has 0 aliphatic rings. The van der Waals surface area contributed by atoms with Gasteiger partial charge in [0, 0.05) is 0 Å². The highest BCUT2D eigenvalue weighted by molar-refractivity contribution is 6.33. The lowest BCUT2D eigenvalue weighted by atomic mass is 9.99. The van der Waals surface area contributed by atoms with Gasteiger partial charge in [-0.25, -0.2) is 9.59 Å². The molecule has 0 atom stereocenters. The van der Waals surface area contributed by atoms with Crippen LogP contribution in [0.1, 0.15) is 25.3 Å². The molecule has 1 rings (SSSR count). The van der Waals surface area contributed by atoms with Crippen LogP contribution in [0.4, 0.5) is 0 Å². The number of hydrogen-bond acceptors (Lipinski definition) is 4. The topological polar surface area (TPSA) is 113 Å². The Hall–Kier alpha value is -2.63. The molecule has 0 bridgehead atoms. The van der Waals surface area contributed by atoms with Crippen LogP contribution in [-0.4, -0.2) is 29.5 Å². The van der Waals surface area contributed by atoms with Gasteiger partial charge in [0.1, 0.15) is 11.4 Å². The van der Waals surface area contributed by atoms with E-state index in [9.17, 15) is 14.7 Å². The molecule has 0 aromatic heterocycles. The molecule has 0 amide bonds. The number of carbonyl (C=O) groups excluding carboxylic acids is 1. The highest BCUT2D eigenvalue weighted by Crippen LogP contribution is 2.21. The van der Waals surface area contributed by atoms with E-state index < -0.39 is 23.3 Å². The number of nitrogens with one attached hydrogen (secondary N) is 1. The fourth-order valence-electron chi connectivity index (χ4n) is 1.71. The molecule has 21 heavy (non-hydrogen) atoms. The normalized spacial score (nSPS) is 11.5. The SMILES string of the molecule is CCCCOC(=O)C(=C(C(=N)N)C(=O)O)c1ccccc1. The van der Waals surface area contributed by atoms with Crippen molar-refractivity contribution in [3.8, 4) is 0 Å². The van der Waals surface area contributed by atoms with Crippen LogP contribution >= 0.6 is 0 Å². The summed E-state index contributed by atoms with van der Waals surface area (Å²) in [6.45, 7) is 2.14. The lowest BCUT2D eigenvalue weighted by Crippen LogP contribution is -2.24. The summed E-state index contributed by atoms with van der Waals surface area (Å²) in [6, 6.07) is 8.20. The number of ether oxygens (including phenoxy) is 1. The Bertz CT molecular complexity index is 548. The average molecular weight is 290 g/mol. The highest BCUT2D eigenvalue weighted by atomic mass is 16.5. The van der Waals surface area contributed by atoms with E-state index in [0.717, 1.165) is 6.42 Å². The fraction of sp³-hybridized carbons (Fsp3) is 0.267. The second-order valence-electron chi connectivity index (χ2n) is 4.32. The molecule has 0 fully saturated rings. The van der Waals surface area contributed by atoms with E-state index >= 15 is 0 Å². The first kappa shape index (κ1) is 16.4. The summed E-state index contributed by atoms with van der Waals surface area (Å²) >= 11 is 0. The fourth-order valence-corrected chi connectivity index (χ4v) is 1.71. The number of carbonyl (C=O) groups is 2. The number of aliphatic carboxylic acids is 1. The summed E-state index contributed by atoms with van der Waals surface area (Å²) in [5.41, 5.74) is 4.90. The van der Waals surface area contributed by atoms with E-state index in [0.29, 0.717) is 12.0 Å². The minimum Gasteiger partial charge on any atom is -0.478 e. The standard InChI is InChI=1S/C15H18N2O4/c1-2-3-9-21-15(20)11(10-7-5-4-6-8-10)12(13(16)17)14(18)19/h4-8H,2-3,9H2,1H3,(H3,16,17)(H,18,19). The van der Waals surface area contributed by atoms with Crippen LogP contribution in [0.2, 0.25) is 0 Å². The third-order valence-electron chi connectivity index (χ3n) is 2.73. The zero-order chi connectivity index (χ0) is 15.8. The van der Waals surface area contributed by atoms with Crippen molar-refractivity contribution in [2.45, 2.75) is 19.8 Å². The molecule has 6 nitrogen and oxygen atoms in total. The number of nitrogens with two attached hydrogens (primary N) is 1. The van der Waals surface area contributed by atoms with Crippen LogP contribution in [0.15, 0.2) is 35.9 Å². The first-order valence-corrected chi connectivity index (χ1v) is 6.53. The molecule has 0 saturated carbocycles. The van der Waals surface area contributed by atoms with Gasteiger partial charge >= 0.3 is 11.9 Å². The van der Waals surface area contributed by atoms with Crippen LogP contribution in [-0.2, 0) is 14.3 Å². The Morgan fingerprint density at radius 2 is 1.90 bits per heavy atom. The van der Waals surface area contributed by atoms with Crippen LogP contribution in [0.3, 0.4) is 0 Å². The van der Waals surface area contributed by atoms with Crippen LogP contribution in [0.5, 0.6) is 0 Å². The summed E-state index contributed by atoms with van der Waals surface area (Å²) in [6.07, 6.45) is 1.52. The molecule has 1 aromatic carbocycles. The van der Waals surface area contributed by atoms with E-state index in [1.54, 1.807) is 30.3 Å². The third-order valence-corrected chi connectivity index (χ3v) is 2.73. The molecule has 0 aliphatic heterocycles. The molecule has 0 aliphatic carbocycles. The highest BCUT2D eigenvalue weighted by Gasteiger charge is 2.25. The van der Waals surface area contributed by atoms with Crippen molar-refractivity contribution < 1.29 is 19.4 Å². The van der Waals surface area contributed by atoms with Gasteiger partial charge in [-0.3, -0.25) is 5.41 Å². The van der Waals surface area contributed by atoms with Crippen LogP contribution in [0.25, 0.3) is 5.57 Å². The van der Waals surface area contributed by atoms with Crippen molar-refractivity contribution in [1.29, 1.82) is 5.41 Å². The largest absolute Gasteiger partial charge is 0.478 e. The minimum absolute atomic E-state index is 0.191. The van der Waals surface area contributed by atoms with Crippen molar-refractivity contribution in [3.63, 3.8) is 0 Å². The van der Waals surface area contributed by atoms with Gasteiger partial charge in [-0.05, 0) is 12.0 Å². The molecule has 0 radical (unpaired) electrons. The average Bonchev–Trinajstić information content (AvgIpc) is 2.44. The molecule has 0 spiro atoms. The third kappa shape index (κ3) is 4.45. The molecule has 4 N–H and O–H groups in total. The van der Waals surface area contributed by atoms with Crippen molar-refractivity contribution in [3.05, 3.63) is 41.5 Å². The van der Waals surface area contributed by atoms with Gasteiger partial charge in [-0.2, -0.15) is 0 Å². The van der Waals surface area contributed by atoms with Crippen molar-refractivity contribution >= 4 is 23.3 Å². The van der Waals surface area contributed by atoms with Gasteiger partial charge in [-0.1, -0.05) is 43.7 Å². The van der Waals surface area contributed by atoms with Gasteiger partial charge in [0.2, 0.25) is 0 Å². The zero-order valence-electron chi connectivity index (χ0n) is 11.8. The van der Waals surface area contributed by atoms with Crippen LogP contribution < -0.4 is 5.73 Å². The van der Waals surface area contributed by atoms with E-state index in [4.69, 9.17) is 15.9 Å². The maximum atomic E-state index is 12.2. The molecular weight excluding hydrogens is 272 g/mol. The van der Waals surface area contributed by atoms with E-state index in [1.807, 2.05) is 6.92 Å². The number of esters is 1. The summed E-state index contributed by atoms with van der Waals surface area (Å²) in [5, 5.41) is 16.6. The number of rotatable bonds is 7. The molecule has 112 valence electrons. The second kappa shape index (κ2) is 7.84. The monoisotopic (exact) mass is 290 g/mol. The minimum atomic E-state index is -1.44. The molecule has 6 heteroatoms. The Kier molecular flexibility index (Phi) is 6.13. The number of hydrogen-bond donors (Lipinski definition) is 3. The quantitative estimate of drug-likeness (QED) is 0.233. The number of amidine groups is 1. The summed E-state index contributed by atoms with van der Waals surface area (Å²) in [5.74, 6) is -2.91. The van der Waals surface area contributed by atoms with Crippen molar-refractivity contribution in [2.24, 2.45) is 5.73 Å². The van der Waals surface area contributed by atoms with Gasteiger partial charge in [0.25, 0.3) is 0 Å². The Balaban J connectivity index is 3.30. The smallest absolute Gasteiger partial charge is 0.340 e.